The van der Waals surface area contributed by atoms with Gasteiger partial charge in [0, 0.05) is 24.5 Å². The van der Waals surface area contributed by atoms with Crippen molar-refractivity contribution in [2.45, 2.75) is 0 Å². The molecule has 9 nitrogen and oxygen atoms in total. The number of nitrogens with zero attached hydrogens (tertiary/aromatic N) is 3. The van der Waals surface area contributed by atoms with Crippen LogP contribution < -0.4 is 16.6 Å². The minimum atomic E-state index is -0.588. The standard InChI is InChI=1S/C22H16N6O3/c1-28-19-15(21(30)27-22(28)31)10-13(11-23-19)20(29)24-14-8-6-12(7-9-14)18-25-16-4-2-3-5-17(16)26-18/h2-11H,1H3,(H,24,29)(H,25,26)(H,27,30,31). The van der Waals surface area contributed by atoms with Gasteiger partial charge in [-0.2, -0.15) is 0 Å². The lowest BCUT2D eigenvalue weighted by Gasteiger charge is -2.07. The van der Waals surface area contributed by atoms with Crippen LogP contribution in [0.15, 0.2) is 70.4 Å². The van der Waals surface area contributed by atoms with Crippen LogP contribution in [0.1, 0.15) is 10.4 Å². The zero-order chi connectivity index (χ0) is 21.5. The van der Waals surface area contributed by atoms with E-state index in [0.29, 0.717) is 5.69 Å². The highest BCUT2D eigenvalue weighted by Gasteiger charge is 2.12. The molecular formula is C22H16N6O3. The highest BCUT2D eigenvalue weighted by Crippen LogP contribution is 2.22. The number of H-pyrrole nitrogens is 2. The number of imidazole rings is 1. The average molecular weight is 412 g/mol. The first-order valence-electron chi connectivity index (χ1n) is 9.45. The maximum Gasteiger partial charge on any atom is 0.329 e. The Morgan fingerprint density at radius 1 is 1.03 bits per heavy atom. The van der Waals surface area contributed by atoms with Crippen LogP contribution in [0.25, 0.3) is 33.5 Å². The van der Waals surface area contributed by atoms with Gasteiger partial charge >= 0.3 is 5.69 Å². The molecule has 5 rings (SSSR count). The minimum Gasteiger partial charge on any atom is -0.338 e. The number of amides is 1. The van der Waals surface area contributed by atoms with Crippen molar-refractivity contribution < 1.29 is 4.79 Å². The van der Waals surface area contributed by atoms with Gasteiger partial charge in [0.15, 0.2) is 0 Å². The van der Waals surface area contributed by atoms with E-state index in [1.54, 1.807) is 12.1 Å². The normalized spacial score (nSPS) is 11.1. The number of rotatable bonds is 3. The zero-order valence-electron chi connectivity index (χ0n) is 16.3. The number of hydrogen-bond donors (Lipinski definition) is 3. The van der Waals surface area contributed by atoms with E-state index in [9.17, 15) is 14.4 Å². The number of carbonyl (C=O) groups excluding carboxylic acids is 1. The van der Waals surface area contributed by atoms with Gasteiger partial charge in [-0.15, -0.1) is 0 Å². The molecule has 0 aliphatic rings. The Hall–Kier alpha value is -4.53. The molecule has 9 heteroatoms. The Morgan fingerprint density at radius 2 is 1.81 bits per heavy atom. The van der Waals surface area contributed by atoms with E-state index >= 15 is 0 Å². The number of anilines is 1. The number of aromatic nitrogens is 5. The van der Waals surface area contributed by atoms with Gasteiger partial charge in [0.1, 0.15) is 11.5 Å². The lowest BCUT2D eigenvalue weighted by Crippen LogP contribution is -2.29. The number of para-hydroxylation sites is 2. The van der Waals surface area contributed by atoms with Crippen LogP contribution in [0.2, 0.25) is 0 Å². The van der Waals surface area contributed by atoms with Gasteiger partial charge in [0.05, 0.1) is 22.0 Å². The molecule has 2 aromatic carbocycles. The number of aryl methyl sites for hydroxylation is 1. The maximum absolute atomic E-state index is 12.6. The Balaban J connectivity index is 1.40. The smallest absolute Gasteiger partial charge is 0.329 e. The summed E-state index contributed by atoms with van der Waals surface area (Å²) in [5.74, 6) is 0.321. The van der Waals surface area contributed by atoms with E-state index in [-0.39, 0.29) is 16.6 Å². The first-order chi connectivity index (χ1) is 15.0. The molecule has 0 aliphatic heterocycles. The molecule has 0 unspecified atom stereocenters. The highest BCUT2D eigenvalue weighted by atomic mass is 16.2. The first-order valence-corrected chi connectivity index (χ1v) is 9.45. The van der Waals surface area contributed by atoms with E-state index in [1.807, 2.05) is 36.4 Å². The molecule has 0 saturated carbocycles. The number of fused-ring (bicyclic) bond motifs is 2. The first kappa shape index (κ1) is 18.5. The highest BCUT2D eigenvalue weighted by molar-refractivity contribution is 6.05. The molecule has 0 aliphatic carbocycles. The summed E-state index contributed by atoms with van der Waals surface area (Å²) in [5.41, 5.74) is 2.56. The van der Waals surface area contributed by atoms with Gasteiger partial charge in [-0.1, -0.05) is 12.1 Å². The second-order valence-corrected chi connectivity index (χ2v) is 7.05. The molecule has 0 spiro atoms. The van der Waals surface area contributed by atoms with Crippen molar-refractivity contribution >= 4 is 33.7 Å². The zero-order valence-corrected chi connectivity index (χ0v) is 16.3. The molecule has 152 valence electrons. The summed E-state index contributed by atoms with van der Waals surface area (Å²) in [4.78, 5) is 50.5. The number of benzene rings is 2. The summed E-state index contributed by atoms with van der Waals surface area (Å²) in [6.07, 6.45) is 1.33. The molecule has 0 fully saturated rings. The van der Waals surface area contributed by atoms with E-state index in [4.69, 9.17) is 0 Å². The summed E-state index contributed by atoms with van der Waals surface area (Å²) in [5, 5.41) is 2.95. The van der Waals surface area contributed by atoms with Gasteiger partial charge in [-0.05, 0) is 42.5 Å². The van der Waals surface area contributed by atoms with Gasteiger partial charge in [-0.3, -0.25) is 19.1 Å². The fourth-order valence-electron chi connectivity index (χ4n) is 3.36. The number of aromatic amines is 2. The summed E-state index contributed by atoms with van der Waals surface area (Å²) in [6.45, 7) is 0. The van der Waals surface area contributed by atoms with Crippen LogP contribution in [0.4, 0.5) is 5.69 Å². The fourth-order valence-corrected chi connectivity index (χ4v) is 3.36. The predicted molar refractivity (Wildman–Crippen MR) is 117 cm³/mol. The van der Waals surface area contributed by atoms with Gasteiger partial charge < -0.3 is 10.3 Å². The average Bonchev–Trinajstić information content (AvgIpc) is 3.22. The van der Waals surface area contributed by atoms with E-state index in [2.05, 4.69) is 25.3 Å². The molecule has 1 amide bonds. The van der Waals surface area contributed by atoms with Crippen molar-refractivity contribution in [1.82, 2.24) is 24.5 Å². The van der Waals surface area contributed by atoms with Gasteiger partial charge in [0.2, 0.25) is 0 Å². The predicted octanol–water partition coefficient (Wildman–Crippen LogP) is 2.42. The van der Waals surface area contributed by atoms with Crippen LogP contribution in [0.5, 0.6) is 0 Å². The number of carbonyl (C=O) groups is 1. The van der Waals surface area contributed by atoms with Crippen molar-refractivity contribution in [3.8, 4) is 11.4 Å². The maximum atomic E-state index is 12.6. The van der Waals surface area contributed by atoms with Crippen LogP contribution in [0, 0.1) is 0 Å². The van der Waals surface area contributed by atoms with Gasteiger partial charge in [-0.25, -0.2) is 14.8 Å². The third-order valence-electron chi connectivity index (χ3n) is 5.02. The Morgan fingerprint density at radius 3 is 2.58 bits per heavy atom. The van der Waals surface area contributed by atoms with Gasteiger partial charge in [0.25, 0.3) is 11.5 Å². The molecule has 0 bridgehead atoms. The van der Waals surface area contributed by atoms with Crippen molar-refractivity contribution in [2.24, 2.45) is 7.05 Å². The molecular weight excluding hydrogens is 396 g/mol. The monoisotopic (exact) mass is 412 g/mol. The Bertz CT molecular complexity index is 1540. The summed E-state index contributed by atoms with van der Waals surface area (Å²) >= 11 is 0. The van der Waals surface area contributed by atoms with E-state index < -0.39 is 17.2 Å². The molecule has 5 aromatic rings. The quantitative estimate of drug-likeness (QED) is 0.420. The fraction of sp³-hybridized carbons (Fsp3) is 0.0455. The second kappa shape index (κ2) is 7.06. The Labute approximate surface area is 174 Å². The molecule has 3 heterocycles. The largest absolute Gasteiger partial charge is 0.338 e. The Kier molecular flexibility index (Phi) is 4.21. The SMILES string of the molecule is Cn1c(=O)[nH]c(=O)c2cc(C(=O)Nc3ccc(-c4nc5ccccc5[nH]4)cc3)cnc21. The van der Waals surface area contributed by atoms with Crippen LogP contribution >= 0.6 is 0 Å². The lowest BCUT2D eigenvalue weighted by atomic mass is 10.2. The summed E-state index contributed by atoms with van der Waals surface area (Å²) < 4.78 is 1.22. The minimum absolute atomic E-state index is 0.162. The number of pyridine rings is 1. The second-order valence-electron chi connectivity index (χ2n) is 7.05. The van der Waals surface area contributed by atoms with Crippen LogP contribution in [0.3, 0.4) is 0 Å². The van der Waals surface area contributed by atoms with Crippen molar-refractivity contribution in [3.05, 3.63) is 87.2 Å². The molecule has 0 radical (unpaired) electrons. The molecule has 3 N–H and O–H groups in total. The lowest BCUT2D eigenvalue weighted by molar-refractivity contribution is 0.102. The molecule has 0 atom stereocenters. The van der Waals surface area contributed by atoms with Crippen LogP contribution in [-0.2, 0) is 7.05 Å². The van der Waals surface area contributed by atoms with E-state index in [1.165, 1.54) is 23.9 Å². The molecule has 3 aromatic heterocycles. The summed E-state index contributed by atoms with van der Waals surface area (Å²) in [7, 11) is 1.50. The molecule has 0 saturated heterocycles. The number of nitrogens with one attached hydrogen (secondary N) is 3. The van der Waals surface area contributed by atoms with Crippen molar-refractivity contribution in [2.75, 3.05) is 5.32 Å². The third-order valence-corrected chi connectivity index (χ3v) is 5.02. The topological polar surface area (TPSA) is 126 Å². The van der Waals surface area contributed by atoms with Crippen LogP contribution in [-0.4, -0.2) is 30.4 Å². The number of hydrogen-bond acceptors (Lipinski definition) is 5. The van der Waals surface area contributed by atoms with E-state index in [0.717, 1.165) is 22.4 Å². The summed E-state index contributed by atoms with van der Waals surface area (Å²) in [6, 6.07) is 16.4. The third kappa shape index (κ3) is 3.27. The van der Waals surface area contributed by atoms with Crippen molar-refractivity contribution in [1.29, 1.82) is 0 Å². The molecule has 31 heavy (non-hydrogen) atoms. The van der Waals surface area contributed by atoms with Crippen molar-refractivity contribution in [3.63, 3.8) is 0 Å².